The van der Waals surface area contributed by atoms with Gasteiger partial charge in [0.15, 0.2) is 0 Å². The molecule has 0 aliphatic carbocycles. The molecule has 0 bridgehead atoms. The molecule has 2 aromatic carbocycles. The number of carbonyl (C=O) groups excluding carboxylic acids is 1. The molecular weight excluding hydrogens is 422 g/mol. The molecule has 0 spiro atoms. The predicted octanol–water partition coefficient (Wildman–Crippen LogP) is 4.41. The van der Waals surface area contributed by atoms with E-state index in [0.717, 1.165) is 21.1 Å². The van der Waals surface area contributed by atoms with Gasteiger partial charge in [-0.15, -0.1) is 0 Å². The first kappa shape index (κ1) is 18.2. The number of rotatable bonds is 3. The number of ether oxygens (including phenoxy) is 1. The number of aromatic amines is 1. The lowest BCUT2D eigenvalue weighted by atomic mass is 10.1. The lowest BCUT2D eigenvalue weighted by molar-refractivity contribution is 0.102. The van der Waals surface area contributed by atoms with Crippen LogP contribution >= 0.6 is 15.9 Å². The number of aromatic nitrogens is 2. The van der Waals surface area contributed by atoms with Crippen molar-refractivity contribution < 1.29 is 9.53 Å². The quantitative estimate of drug-likeness (QED) is 0.497. The second-order valence-corrected chi connectivity index (χ2v) is 7.29. The van der Waals surface area contributed by atoms with E-state index < -0.39 is 5.91 Å². The number of aryl methyl sites for hydroxylation is 1. The normalized spacial score (nSPS) is 11.0. The van der Waals surface area contributed by atoms with Crippen LogP contribution < -0.4 is 15.5 Å². The SMILES string of the molecule is COc1ccc2[nH]cc(C(=O)Nc3cc(C)nc4ccc(Br)cc34)c(=O)c2c1. The second-order valence-electron chi connectivity index (χ2n) is 6.37. The van der Waals surface area contributed by atoms with Crippen molar-refractivity contribution in [2.45, 2.75) is 6.92 Å². The van der Waals surface area contributed by atoms with Gasteiger partial charge in [-0.2, -0.15) is 0 Å². The molecule has 140 valence electrons. The molecule has 4 aromatic rings. The summed E-state index contributed by atoms with van der Waals surface area (Å²) in [5.74, 6) is 0.0639. The van der Waals surface area contributed by atoms with Crippen LogP contribution in [0.25, 0.3) is 21.8 Å². The van der Waals surface area contributed by atoms with Gasteiger partial charge in [0.05, 0.1) is 18.3 Å². The molecule has 0 unspecified atom stereocenters. The summed E-state index contributed by atoms with van der Waals surface area (Å²) < 4.78 is 6.05. The van der Waals surface area contributed by atoms with Crippen molar-refractivity contribution in [1.29, 1.82) is 0 Å². The van der Waals surface area contributed by atoms with Crippen LogP contribution in [0.4, 0.5) is 5.69 Å². The number of amides is 1. The molecule has 1 amide bonds. The molecule has 2 heterocycles. The standard InChI is InChI=1S/C21H16BrN3O3/c1-11-7-19(14-8-12(22)3-5-18(14)24-11)25-21(27)16-10-23-17-6-4-13(28-2)9-15(17)20(16)26/h3-10H,1-2H3,(H,23,26)(H,24,25,27). The maximum absolute atomic E-state index is 12.9. The Morgan fingerprint density at radius 1 is 1.14 bits per heavy atom. The van der Waals surface area contributed by atoms with E-state index in [1.165, 1.54) is 13.3 Å². The van der Waals surface area contributed by atoms with E-state index in [0.29, 0.717) is 22.3 Å². The summed E-state index contributed by atoms with van der Waals surface area (Å²) in [6.07, 6.45) is 1.43. The first-order chi connectivity index (χ1) is 13.5. The summed E-state index contributed by atoms with van der Waals surface area (Å²) in [6, 6.07) is 12.5. The van der Waals surface area contributed by atoms with E-state index >= 15 is 0 Å². The largest absolute Gasteiger partial charge is 0.497 e. The molecule has 0 radical (unpaired) electrons. The third kappa shape index (κ3) is 3.25. The second kappa shape index (κ2) is 7.09. The summed E-state index contributed by atoms with van der Waals surface area (Å²) in [5.41, 5.74) is 2.42. The first-order valence-corrected chi connectivity index (χ1v) is 9.33. The number of methoxy groups -OCH3 is 1. The van der Waals surface area contributed by atoms with E-state index in [4.69, 9.17) is 4.74 Å². The van der Waals surface area contributed by atoms with Crippen LogP contribution in [0.15, 0.2) is 57.9 Å². The highest BCUT2D eigenvalue weighted by atomic mass is 79.9. The number of nitrogens with one attached hydrogen (secondary N) is 2. The number of halogens is 1. The third-order valence-electron chi connectivity index (χ3n) is 4.48. The fourth-order valence-electron chi connectivity index (χ4n) is 3.12. The van der Waals surface area contributed by atoms with Gasteiger partial charge in [0, 0.05) is 32.7 Å². The van der Waals surface area contributed by atoms with Gasteiger partial charge in [-0.3, -0.25) is 14.6 Å². The smallest absolute Gasteiger partial charge is 0.261 e. The lowest BCUT2D eigenvalue weighted by Crippen LogP contribution is -2.22. The number of H-pyrrole nitrogens is 1. The zero-order chi connectivity index (χ0) is 19.8. The Bertz CT molecular complexity index is 1300. The molecule has 0 saturated carbocycles. The lowest BCUT2D eigenvalue weighted by Gasteiger charge is -2.11. The Labute approximate surface area is 168 Å². The molecule has 28 heavy (non-hydrogen) atoms. The minimum atomic E-state index is -0.488. The number of hydrogen-bond acceptors (Lipinski definition) is 4. The van der Waals surface area contributed by atoms with Gasteiger partial charge in [0.1, 0.15) is 11.3 Å². The number of anilines is 1. The van der Waals surface area contributed by atoms with Crippen LogP contribution in [0.1, 0.15) is 16.1 Å². The van der Waals surface area contributed by atoms with Crippen LogP contribution in [-0.4, -0.2) is 23.0 Å². The van der Waals surface area contributed by atoms with Gasteiger partial charge in [-0.05, 0) is 49.4 Å². The highest BCUT2D eigenvalue weighted by Gasteiger charge is 2.15. The van der Waals surface area contributed by atoms with Gasteiger partial charge in [-0.1, -0.05) is 15.9 Å². The summed E-state index contributed by atoms with van der Waals surface area (Å²) in [6.45, 7) is 1.85. The van der Waals surface area contributed by atoms with Gasteiger partial charge in [-0.25, -0.2) is 0 Å². The molecule has 2 aromatic heterocycles. The average molecular weight is 438 g/mol. The minimum Gasteiger partial charge on any atom is -0.497 e. The number of hydrogen-bond donors (Lipinski definition) is 2. The Morgan fingerprint density at radius 2 is 1.96 bits per heavy atom. The number of pyridine rings is 2. The van der Waals surface area contributed by atoms with Gasteiger partial charge < -0.3 is 15.0 Å². The molecule has 4 rings (SSSR count). The Balaban J connectivity index is 1.79. The molecule has 0 aliphatic rings. The van der Waals surface area contributed by atoms with Crippen LogP contribution in [-0.2, 0) is 0 Å². The van der Waals surface area contributed by atoms with Gasteiger partial charge in [0.25, 0.3) is 5.91 Å². The fourth-order valence-corrected chi connectivity index (χ4v) is 3.48. The molecule has 0 fully saturated rings. The van der Waals surface area contributed by atoms with Crippen molar-refractivity contribution in [3.05, 3.63) is 74.6 Å². The minimum absolute atomic E-state index is 0.0263. The highest BCUT2D eigenvalue weighted by Crippen LogP contribution is 2.27. The third-order valence-corrected chi connectivity index (χ3v) is 4.97. The van der Waals surface area contributed by atoms with E-state index in [2.05, 4.69) is 31.2 Å². The van der Waals surface area contributed by atoms with E-state index in [9.17, 15) is 9.59 Å². The van der Waals surface area contributed by atoms with E-state index in [1.807, 2.05) is 25.1 Å². The van der Waals surface area contributed by atoms with Crippen molar-refractivity contribution in [2.75, 3.05) is 12.4 Å². The summed E-state index contributed by atoms with van der Waals surface area (Å²) >= 11 is 3.44. The summed E-state index contributed by atoms with van der Waals surface area (Å²) in [5, 5.41) is 4.03. The molecular formula is C21H16BrN3O3. The number of benzene rings is 2. The Kier molecular flexibility index (Phi) is 4.60. The van der Waals surface area contributed by atoms with Gasteiger partial charge in [0.2, 0.25) is 5.43 Å². The zero-order valence-electron chi connectivity index (χ0n) is 15.2. The summed E-state index contributed by atoms with van der Waals surface area (Å²) in [4.78, 5) is 33.2. The van der Waals surface area contributed by atoms with Crippen LogP contribution in [0, 0.1) is 6.92 Å². The maximum Gasteiger partial charge on any atom is 0.261 e. The number of fused-ring (bicyclic) bond motifs is 2. The van der Waals surface area contributed by atoms with E-state index in [1.54, 1.807) is 24.3 Å². The van der Waals surface area contributed by atoms with Crippen molar-refractivity contribution >= 4 is 49.3 Å². The van der Waals surface area contributed by atoms with E-state index in [-0.39, 0.29) is 11.0 Å². The van der Waals surface area contributed by atoms with Crippen molar-refractivity contribution in [1.82, 2.24) is 9.97 Å². The molecule has 0 saturated heterocycles. The molecule has 6 nitrogen and oxygen atoms in total. The number of nitrogens with zero attached hydrogens (tertiary/aromatic N) is 1. The first-order valence-electron chi connectivity index (χ1n) is 8.54. The Morgan fingerprint density at radius 3 is 2.75 bits per heavy atom. The van der Waals surface area contributed by atoms with Crippen LogP contribution in [0.5, 0.6) is 5.75 Å². The highest BCUT2D eigenvalue weighted by molar-refractivity contribution is 9.10. The summed E-state index contributed by atoms with van der Waals surface area (Å²) in [7, 11) is 1.53. The molecule has 0 atom stereocenters. The Hall–Kier alpha value is -3.19. The fraction of sp³-hybridized carbons (Fsp3) is 0.0952. The monoisotopic (exact) mass is 437 g/mol. The number of carbonyl (C=O) groups is 1. The van der Waals surface area contributed by atoms with Crippen LogP contribution in [0.3, 0.4) is 0 Å². The van der Waals surface area contributed by atoms with Gasteiger partial charge >= 0.3 is 0 Å². The molecule has 7 heteroatoms. The molecule has 0 aliphatic heterocycles. The predicted molar refractivity (Wildman–Crippen MR) is 113 cm³/mol. The molecule has 2 N–H and O–H groups in total. The van der Waals surface area contributed by atoms with Crippen LogP contribution in [0.2, 0.25) is 0 Å². The maximum atomic E-state index is 12.9. The topological polar surface area (TPSA) is 84.1 Å². The average Bonchev–Trinajstić information content (AvgIpc) is 2.68. The van der Waals surface area contributed by atoms with Crippen molar-refractivity contribution in [3.8, 4) is 5.75 Å². The van der Waals surface area contributed by atoms with Crippen molar-refractivity contribution in [2.24, 2.45) is 0 Å². The zero-order valence-corrected chi connectivity index (χ0v) is 16.8. The van der Waals surface area contributed by atoms with Crippen molar-refractivity contribution in [3.63, 3.8) is 0 Å².